The number of anilines is 1. The number of rotatable bonds is 5. The van der Waals surface area contributed by atoms with Crippen LogP contribution in [0.2, 0.25) is 0 Å². The Morgan fingerprint density at radius 3 is 2.87 bits per heavy atom. The number of pyridine rings is 1. The van der Waals surface area contributed by atoms with E-state index in [-0.39, 0.29) is 11.9 Å². The molecule has 1 aromatic carbocycles. The number of aromatic nitrogens is 4. The molecule has 6 rings (SSSR count). The van der Waals surface area contributed by atoms with Gasteiger partial charge < -0.3 is 14.4 Å². The minimum atomic E-state index is -0.567. The average Bonchev–Trinajstić information content (AvgIpc) is 3.71. The van der Waals surface area contributed by atoms with Gasteiger partial charge in [0.05, 0.1) is 47.4 Å². The van der Waals surface area contributed by atoms with E-state index in [2.05, 4.69) is 31.2 Å². The number of likely N-dealkylation sites (N-methyl/N-ethyl adjacent to an activating group) is 1. The number of nitrogens with zero attached hydrogens (tertiary/aromatic N) is 5. The predicted octanol–water partition coefficient (Wildman–Crippen LogP) is 4.96. The van der Waals surface area contributed by atoms with Crippen LogP contribution in [0.4, 0.5) is 9.93 Å². The van der Waals surface area contributed by atoms with Gasteiger partial charge in [-0.3, -0.25) is 15.1 Å². The molecule has 2 amide bonds. The first-order chi connectivity index (χ1) is 18.9. The Morgan fingerprint density at radius 2 is 2.15 bits per heavy atom. The number of hydrogen-bond donors (Lipinski definition) is 1. The SMILES string of the molecule is COC(=O)Nc1nc2c(s1)-c1c(c(-c3cccnc3)nn1-c1ccc(C(=O)N(C)C3CCOC3)cc1Br)CC2. The van der Waals surface area contributed by atoms with E-state index in [1.54, 1.807) is 17.3 Å². The number of halogens is 1. The van der Waals surface area contributed by atoms with Crippen molar-refractivity contribution in [1.82, 2.24) is 24.6 Å². The number of methoxy groups -OCH3 is 1. The van der Waals surface area contributed by atoms with Crippen molar-refractivity contribution in [2.45, 2.75) is 25.3 Å². The van der Waals surface area contributed by atoms with E-state index < -0.39 is 6.09 Å². The molecular formula is C27H25BrN6O4S. The number of hydrogen-bond acceptors (Lipinski definition) is 8. The van der Waals surface area contributed by atoms with Crippen molar-refractivity contribution in [2.75, 3.05) is 32.7 Å². The second kappa shape index (κ2) is 10.5. The minimum Gasteiger partial charge on any atom is -0.453 e. The van der Waals surface area contributed by atoms with Gasteiger partial charge in [0.1, 0.15) is 0 Å². The highest BCUT2D eigenvalue weighted by atomic mass is 79.9. The number of carbonyl (C=O) groups excluding carboxylic acids is 2. The van der Waals surface area contributed by atoms with Crippen LogP contribution in [0.3, 0.4) is 0 Å². The van der Waals surface area contributed by atoms with Gasteiger partial charge in [0.2, 0.25) is 0 Å². The summed E-state index contributed by atoms with van der Waals surface area (Å²) >= 11 is 5.09. The molecule has 1 aliphatic carbocycles. The number of thiazole rings is 1. The molecule has 0 radical (unpaired) electrons. The summed E-state index contributed by atoms with van der Waals surface area (Å²) < 4.78 is 12.8. The molecule has 39 heavy (non-hydrogen) atoms. The van der Waals surface area contributed by atoms with Gasteiger partial charge in [-0.15, -0.1) is 0 Å². The minimum absolute atomic E-state index is 0.0560. The molecule has 1 unspecified atom stereocenters. The standard InChI is InChI=1S/C27H25BrN6O4S/c1-33(17-9-11-38-14-17)25(35)15-5-8-21(19(28)12-15)34-23-18(22(32-34)16-4-3-10-29-13-16)6-7-20-24(23)39-26(30-20)31-27(36)37-2/h3-5,8,10,12-13,17H,6-7,9,11,14H2,1-2H3,(H,30,31,36). The zero-order valence-electron chi connectivity index (χ0n) is 21.3. The first-order valence-corrected chi connectivity index (χ1v) is 14.1. The van der Waals surface area contributed by atoms with Gasteiger partial charge in [-0.1, -0.05) is 11.3 Å². The Hall–Kier alpha value is -3.61. The van der Waals surface area contributed by atoms with Gasteiger partial charge in [0.25, 0.3) is 5.91 Å². The number of amides is 2. The van der Waals surface area contributed by atoms with Gasteiger partial charge in [-0.2, -0.15) is 5.10 Å². The topological polar surface area (TPSA) is 111 Å². The summed E-state index contributed by atoms with van der Waals surface area (Å²) in [6, 6.07) is 9.53. The molecule has 1 atom stereocenters. The number of carbonyl (C=O) groups is 2. The number of ether oxygens (including phenoxy) is 2. The number of fused-ring (bicyclic) bond motifs is 3. The second-order valence-electron chi connectivity index (χ2n) is 9.34. The van der Waals surface area contributed by atoms with Crippen molar-refractivity contribution in [3.63, 3.8) is 0 Å². The van der Waals surface area contributed by atoms with E-state index in [1.807, 2.05) is 42.1 Å². The van der Waals surface area contributed by atoms with Crippen LogP contribution in [0.1, 0.15) is 28.0 Å². The third-order valence-electron chi connectivity index (χ3n) is 7.03. The Kier molecular flexibility index (Phi) is 6.92. The first kappa shape index (κ1) is 25.7. The van der Waals surface area contributed by atoms with Crippen LogP contribution in [0, 0.1) is 0 Å². The Balaban J connectivity index is 1.44. The van der Waals surface area contributed by atoms with Gasteiger partial charge in [-0.05, 0) is 65.5 Å². The number of nitrogens with one attached hydrogen (secondary N) is 1. The van der Waals surface area contributed by atoms with Crippen LogP contribution < -0.4 is 5.32 Å². The maximum absolute atomic E-state index is 13.2. The van der Waals surface area contributed by atoms with Gasteiger partial charge in [-0.25, -0.2) is 14.5 Å². The zero-order chi connectivity index (χ0) is 27.1. The lowest BCUT2D eigenvalue weighted by Gasteiger charge is -2.23. The molecule has 1 saturated heterocycles. The molecule has 1 N–H and O–H groups in total. The lowest BCUT2D eigenvalue weighted by molar-refractivity contribution is 0.0711. The van der Waals surface area contributed by atoms with Crippen LogP contribution >= 0.6 is 27.3 Å². The monoisotopic (exact) mass is 608 g/mol. The summed E-state index contributed by atoms with van der Waals surface area (Å²) in [6.45, 7) is 1.23. The number of aryl methyl sites for hydroxylation is 1. The van der Waals surface area contributed by atoms with Crippen LogP contribution in [0.5, 0.6) is 0 Å². The third kappa shape index (κ3) is 4.72. The molecular weight excluding hydrogens is 584 g/mol. The van der Waals surface area contributed by atoms with E-state index >= 15 is 0 Å². The highest BCUT2D eigenvalue weighted by Gasteiger charge is 2.31. The highest BCUT2D eigenvalue weighted by molar-refractivity contribution is 9.10. The largest absolute Gasteiger partial charge is 0.453 e. The molecule has 1 aliphatic heterocycles. The van der Waals surface area contributed by atoms with Crippen molar-refractivity contribution >= 4 is 44.4 Å². The Bertz CT molecular complexity index is 1560. The normalized spacial score (nSPS) is 15.9. The molecule has 200 valence electrons. The molecule has 0 spiro atoms. The van der Waals surface area contributed by atoms with E-state index in [9.17, 15) is 9.59 Å². The maximum Gasteiger partial charge on any atom is 0.413 e. The zero-order valence-corrected chi connectivity index (χ0v) is 23.7. The fraction of sp³-hybridized carbons (Fsp3) is 0.296. The van der Waals surface area contributed by atoms with Gasteiger partial charge in [0.15, 0.2) is 5.13 Å². The Morgan fingerprint density at radius 1 is 1.28 bits per heavy atom. The van der Waals surface area contributed by atoms with Crippen LogP contribution in [-0.2, 0) is 22.3 Å². The summed E-state index contributed by atoms with van der Waals surface area (Å²) in [5, 5.41) is 8.21. The molecule has 0 bridgehead atoms. The smallest absolute Gasteiger partial charge is 0.413 e. The summed E-state index contributed by atoms with van der Waals surface area (Å²) in [4.78, 5) is 36.7. The molecule has 10 nitrogen and oxygen atoms in total. The van der Waals surface area contributed by atoms with Crippen LogP contribution in [0.25, 0.3) is 27.5 Å². The van der Waals surface area contributed by atoms with Gasteiger partial charge >= 0.3 is 6.09 Å². The fourth-order valence-corrected chi connectivity index (χ4v) is 6.58. The Labute approximate surface area is 237 Å². The highest BCUT2D eigenvalue weighted by Crippen LogP contribution is 2.44. The fourth-order valence-electron chi connectivity index (χ4n) is 4.98. The molecule has 4 aromatic rings. The molecule has 2 aliphatic rings. The molecule has 1 fully saturated rings. The van der Waals surface area contributed by atoms with Crippen molar-refractivity contribution in [1.29, 1.82) is 0 Å². The van der Waals surface area contributed by atoms with Crippen molar-refractivity contribution in [3.05, 3.63) is 64.0 Å². The van der Waals surface area contributed by atoms with Crippen molar-refractivity contribution in [3.8, 4) is 27.5 Å². The van der Waals surface area contributed by atoms with Crippen molar-refractivity contribution in [2.24, 2.45) is 0 Å². The molecule has 3 aromatic heterocycles. The second-order valence-corrected chi connectivity index (χ2v) is 11.2. The first-order valence-electron chi connectivity index (χ1n) is 12.5. The van der Waals surface area contributed by atoms with E-state index in [0.29, 0.717) is 30.3 Å². The van der Waals surface area contributed by atoms with Gasteiger partial charge in [0, 0.05) is 47.2 Å². The number of benzene rings is 1. The molecule has 12 heteroatoms. The van der Waals surface area contributed by atoms with E-state index in [1.165, 1.54) is 18.4 Å². The molecule has 4 heterocycles. The lowest BCUT2D eigenvalue weighted by atomic mass is 9.95. The summed E-state index contributed by atoms with van der Waals surface area (Å²) in [6.07, 6.45) is 5.26. The maximum atomic E-state index is 13.2. The summed E-state index contributed by atoms with van der Waals surface area (Å²) in [5.74, 6) is -0.0560. The summed E-state index contributed by atoms with van der Waals surface area (Å²) in [7, 11) is 3.14. The molecule has 0 saturated carbocycles. The van der Waals surface area contributed by atoms with Crippen molar-refractivity contribution < 1.29 is 19.1 Å². The third-order valence-corrected chi connectivity index (χ3v) is 8.69. The van der Waals surface area contributed by atoms with E-state index in [0.717, 1.165) is 56.1 Å². The van der Waals surface area contributed by atoms with Crippen LogP contribution in [0.15, 0.2) is 47.2 Å². The lowest BCUT2D eigenvalue weighted by Crippen LogP contribution is -2.37. The summed E-state index contributed by atoms with van der Waals surface area (Å²) in [5.41, 5.74) is 6.00. The average molecular weight is 610 g/mol. The quantitative estimate of drug-likeness (QED) is 0.341. The van der Waals surface area contributed by atoms with E-state index in [4.69, 9.17) is 14.6 Å². The van der Waals surface area contributed by atoms with Crippen LogP contribution in [-0.4, -0.2) is 70.1 Å². The predicted molar refractivity (Wildman–Crippen MR) is 150 cm³/mol.